The molecule has 0 N–H and O–H groups in total. The van der Waals surface area contributed by atoms with Gasteiger partial charge in [-0.3, -0.25) is 9.69 Å². The quantitative estimate of drug-likeness (QED) is 0.729. The van der Waals surface area contributed by atoms with Crippen LogP contribution in [0.2, 0.25) is 0 Å². The van der Waals surface area contributed by atoms with Crippen LogP contribution < -0.4 is 0 Å². The minimum atomic E-state index is -0.121. The van der Waals surface area contributed by atoms with Gasteiger partial charge in [0.2, 0.25) is 0 Å². The summed E-state index contributed by atoms with van der Waals surface area (Å²) in [5, 5.41) is 0. The molecule has 0 bridgehead atoms. The largest absolute Gasteiger partial charge is 0.456 e. The number of ether oxygens (including phenoxy) is 1. The molecule has 4 heteroatoms. The summed E-state index contributed by atoms with van der Waals surface area (Å²) >= 11 is 1.99. The maximum Gasteiger partial charge on any atom is 0.306 e. The molecule has 3 aliphatic heterocycles. The van der Waals surface area contributed by atoms with E-state index in [4.69, 9.17) is 4.74 Å². The summed E-state index contributed by atoms with van der Waals surface area (Å²) in [6.45, 7) is 2.24. The number of fused-ring (bicyclic) bond motifs is 1. The van der Waals surface area contributed by atoms with Crippen LogP contribution in [0.25, 0.3) is 0 Å². The Hall–Kier alpha value is -0.220. The molecule has 0 radical (unpaired) electrons. The van der Waals surface area contributed by atoms with Gasteiger partial charge < -0.3 is 4.74 Å². The first-order valence-corrected chi connectivity index (χ1v) is 11.0. The first-order chi connectivity index (χ1) is 11.3. The fourth-order valence-corrected chi connectivity index (χ4v) is 6.74. The Morgan fingerprint density at radius 3 is 2.65 bits per heavy atom. The Balaban J connectivity index is 1.45. The number of nitrogens with zero attached hydrogens (tertiary/aromatic N) is 1. The van der Waals surface area contributed by atoms with Crippen LogP contribution in [-0.2, 0) is 9.53 Å². The van der Waals surface area contributed by atoms with Crippen LogP contribution in [-0.4, -0.2) is 47.1 Å². The topological polar surface area (TPSA) is 29.5 Å². The molecule has 0 aromatic heterocycles. The third kappa shape index (κ3) is 3.18. The van der Waals surface area contributed by atoms with E-state index >= 15 is 0 Å². The Morgan fingerprint density at radius 1 is 1.09 bits per heavy atom. The molecule has 3 saturated heterocycles. The van der Waals surface area contributed by atoms with Crippen LogP contribution in [0.1, 0.15) is 64.2 Å². The lowest BCUT2D eigenvalue weighted by Gasteiger charge is -2.62. The van der Waals surface area contributed by atoms with E-state index in [0.29, 0.717) is 24.3 Å². The number of thioether (sulfide) groups is 1. The van der Waals surface area contributed by atoms with Gasteiger partial charge in [-0.25, -0.2) is 0 Å². The zero-order chi connectivity index (χ0) is 15.7. The summed E-state index contributed by atoms with van der Waals surface area (Å²) < 4.78 is 6.36. The van der Waals surface area contributed by atoms with Crippen LogP contribution in [0, 0.1) is 11.8 Å². The van der Waals surface area contributed by atoms with Gasteiger partial charge in [0.05, 0.1) is 6.04 Å². The highest BCUT2D eigenvalue weighted by Crippen LogP contribution is 2.48. The van der Waals surface area contributed by atoms with E-state index in [2.05, 4.69) is 4.90 Å². The number of hydrogen-bond acceptors (Lipinski definition) is 4. The lowest BCUT2D eigenvalue weighted by atomic mass is 9.65. The van der Waals surface area contributed by atoms with Crippen molar-refractivity contribution in [1.82, 2.24) is 4.90 Å². The molecule has 4 rings (SSSR count). The fourth-order valence-electron chi connectivity index (χ4n) is 5.45. The van der Waals surface area contributed by atoms with Crippen molar-refractivity contribution in [3.63, 3.8) is 0 Å². The smallest absolute Gasteiger partial charge is 0.306 e. The molecule has 130 valence electrons. The van der Waals surface area contributed by atoms with E-state index in [1.165, 1.54) is 70.1 Å². The zero-order valence-electron chi connectivity index (χ0n) is 14.3. The Kier molecular flexibility index (Phi) is 4.91. The molecule has 1 aliphatic carbocycles. The number of esters is 1. The minimum Gasteiger partial charge on any atom is -0.456 e. The van der Waals surface area contributed by atoms with Crippen LogP contribution in [0.3, 0.4) is 0 Å². The van der Waals surface area contributed by atoms with Crippen molar-refractivity contribution in [3.05, 3.63) is 0 Å². The summed E-state index contributed by atoms with van der Waals surface area (Å²) in [7, 11) is 0. The highest BCUT2D eigenvalue weighted by molar-refractivity contribution is 7.99. The number of carbonyl (C=O) groups excluding carboxylic acids is 1. The van der Waals surface area contributed by atoms with Crippen molar-refractivity contribution in [2.24, 2.45) is 11.8 Å². The zero-order valence-corrected chi connectivity index (χ0v) is 15.1. The average Bonchev–Trinajstić information content (AvgIpc) is 3.06. The van der Waals surface area contributed by atoms with Crippen LogP contribution >= 0.6 is 11.8 Å². The van der Waals surface area contributed by atoms with Gasteiger partial charge in [0.25, 0.3) is 0 Å². The molecule has 0 spiro atoms. The van der Waals surface area contributed by atoms with Crippen molar-refractivity contribution in [2.75, 3.05) is 24.6 Å². The molecular weight excluding hydrogens is 306 g/mol. The normalized spacial score (nSPS) is 38.8. The highest BCUT2D eigenvalue weighted by atomic mass is 32.2. The van der Waals surface area contributed by atoms with Gasteiger partial charge in [-0.15, -0.1) is 0 Å². The molecule has 23 heavy (non-hydrogen) atoms. The molecular formula is C19H31NO2S. The monoisotopic (exact) mass is 337 g/mol. The van der Waals surface area contributed by atoms with Crippen molar-refractivity contribution in [1.29, 1.82) is 0 Å². The number of carbonyl (C=O) groups is 1. The summed E-state index contributed by atoms with van der Waals surface area (Å²) in [5.74, 6) is 3.67. The second-order valence-electron chi connectivity index (χ2n) is 8.18. The lowest BCUT2D eigenvalue weighted by molar-refractivity contribution is -0.229. The van der Waals surface area contributed by atoms with E-state index in [-0.39, 0.29) is 11.6 Å². The Labute approximate surface area is 144 Å². The molecule has 1 saturated carbocycles. The predicted molar refractivity (Wildman–Crippen MR) is 94.7 cm³/mol. The molecule has 3 atom stereocenters. The number of rotatable bonds is 4. The maximum absolute atomic E-state index is 12.7. The number of hydrogen-bond donors (Lipinski definition) is 0. The van der Waals surface area contributed by atoms with Gasteiger partial charge >= 0.3 is 5.97 Å². The van der Waals surface area contributed by atoms with Gasteiger partial charge in [-0.2, -0.15) is 11.8 Å². The van der Waals surface area contributed by atoms with Gasteiger partial charge in [-0.05, 0) is 56.1 Å². The molecule has 4 aliphatic rings. The summed E-state index contributed by atoms with van der Waals surface area (Å²) in [6, 6.07) is 0.529. The molecule has 1 unspecified atom stereocenters. The van der Waals surface area contributed by atoms with Crippen molar-refractivity contribution in [2.45, 2.75) is 75.9 Å². The molecule has 4 fully saturated rings. The summed E-state index contributed by atoms with van der Waals surface area (Å²) in [6.07, 6.45) is 12.3. The molecule has 0 amide bonds. The maximum atomic E-state index is 12.7. The molecule has 3 heterocycles. The van der Waals surface area contributed by atoms with Gasteiger partial charge in [0.1, 0.15) is 5.60 Å². The highest BCUT2D eigenvalue weighted by Gasteiger charge is 2.59. The minimum absolute atomic E-state index is 0.105. The molecule has 0 aromatic carbocycles. The van der Waals surface area contributed by atoms with E-state index < -0.39 is 0 Å². The van der Waals surface area contributed by atoms with E-state index in [1.54, 1.807) is 0 Å². The molecule has 0 aromatic rings. The summed E-state index contributed by atoms with van der Waals surface area (Å²) in [5.41, 5.74) is -0.121. The second kappa shape index (κ2) is 6.95. The van der Waals surface area contributed by atoms with Gasteiger partial charge in [-0.1, -0.05) is 25.7 Å². The number of piperidine rings is 1. The second-order valence-corrected chi connectivity index (χ2v) is 9.33. The van der Waals surface area contributed by atoms with Gasteiger partial charge in [0, 0.05) is 18.9 Å². The molecule has 3 nitrogen and oxygen atoms in total. The van der Waals surface area contributed by atoms with Crippen molar-refractivity contribution < 1.29 is 9.53 Å². The Bertz CT molecular complexity index is 422. The first-order valence-electron chi connectivity index (χ1n) is 9.81. The Morgan fingerprint density at radius 2 is 1.91 bits per heavy atom. The lowest BCUT2D eigenvalue weighted by Crippen LogP contribution is -2.75. The summed E-state index contributed by atoms with van der Waals surface area (Å²) in [4.78, 5) is 15.3. The van der Waals surface area contributed by atoms with E-state index in [1.807, 2.05) is 11.8 Å². The SMILES string of the molecule is O=C(CC1CCSC1)O[C@]1(C2CCCCC2)CN2CCCC[C@@H]21. The van der Waals surface area contributed by atoms with E-state index in [0.717, 1.165) is 12.3 Å². The third-order valence-electron chi connectivity index (χ3n) is 6.71. The first kappa shape index (κ1) is 16.3. The van der Waals surface area contributed by atoms with Crippen molar-refractivity contribution in [3.8, 4) is 0 Å². The average molecular weight is 338 g/mol. The fraction of sp³-hybridized carbons (Fsp3) is 0.947. The van der Waals surface area contributed by atoms with Crippen molar-refractivity contribution >= 4 is 17.7 Å². The van der Waals surface area contributed by atoms with Crippen LogP contribution in [0.15, 0.2) is 0 Å². The van der Waals surface area contributed by atoms with E-state index in [9.17, 15) is 4.79 Å². The third-order valence-corrected chi connectivity index (χ3v) is 7.94. The van der Waals surface area contributed by atoms with Crippen LogP contribution in [0.5, 0.6) is 0 Å². The predicted octanol–water partition coefficient (Wildman–Crippen LogP) is 3.86. The van der Waals surface area contributed by atoms with Crippen LogP contribution in [0.4, 0.5) is 0 Å². The standard InChI is InChI=1S/C19H31NO2S/c21-18(12-15-9-11-23-13-15)22-19(16-6-2-1-3-7-16)14-20-10-5-4-8-17(19)20/h15-17H,1-14H2/t15?,17-,19+/m1/s1. The van der Waals surface area contributed by atoms with Gasteiger partial charge in [0.15, 0.2) is 0 Å².